The summed E-state index contributed by atoms with van der Waals surface area (Å²) >= 11 is 0. The van der Waals surface area contributed by atoms with Gasteiger partial charge in [0.05, 0.1) is 74.8 Å². The zero-order valence-corrected chi connectivity index (χ0v) is 41.7. The monoisotopic (exact) mass is 1100 g/mol. The number of ether oxygens (including phenoxy) is 10. The third-order valence-corrected chi connectivity index (χ3v) is 16.5. The summed E-state index contributed by atoms with van der Waals surface area (Å²) in [6.45, 7) is -0.517. The second-order valence-corrected chi connectivity index (χ2v) is 21.7. The van der Waals surface area contributed by atoms with Crippen LogP contribution < -0.4 is 0 Å². The molecule has 5 heterocycles. The van der Waals surface area contributed by atoms with E-state index < -0.39 is 209 Å². The third-order valence-electron chi connectivity index (χ3n) is 16.5. The van der Waals surface area contributed by atoms with Crippen molar-refractivity contribution in [2.24, 2.45) is 17.8 Å². The molecule has 3 saturated carbocycles. The first-order valence-corrected chi connectivity index (χ1v) is 26.3. The highest BCUT2D eigenvalue weighted by Gasteiger charge is 2.56. The minimum absolute atomic E-state index is 0.0191. The molecule has 0 aromatic heterocycles. The van der Waals surface area contributed by atoms with Gasteiger partial charge in [0, 0.05) is 18.4 Å². The van der Waals surface area contributed by atoms with Gasteiger partial charge in [-0.3, -0.25) is 0 Å². The average Bonchev–Trinajstić information content (AvgIpc) is 3.40. The van der Waals surface area contributed by atoms with E-state index in [-0.39, 0.29) is 44.1 Å². The Labute approximate surface area is 436 Å². The fourth-order valence-corrected chi connectivity index (χ4v) is 12.0. The molecule has 0 radical (unpaired) electrons. The molecule has 3 aliphatic carbocycles. The van der Waals surface area contributed by atoms with Crippen LogP contribution in [0.5, 0.6) is 0 Å². The first kappa shape index (κ1) is 60.3. The zero-order chi connectivity index (χ0) is 55.0. The third kappa shape index (κ3) is 13.2. The minimum atomic E-state index is -1.93. The van der Waals surface area contributed by atoms with Gasteiger partial charge in [0.25, 0.3) is 0 Å². The van der Waals surface area contributed by atoms with Crippen molar-refractivity contribution in [1.82, 2.24) is 0 Å². The predicted molar refractivity (Wildman–Crippen MR) is 245 cm³/mol. The van der Waals surface area contributed by atoms with Crippen LogP contribution in [0, 0.1) is 17.8 Å². The topological polar surface area (TPSA) is 453 Å². The molecule has 0 aromatic carbocycles. The van der Waals surface area contributed by atoms with Crippen LogP contribution in [0.2, 0.25) is 0 Å². The van der Waals surface area contributed by atoms with E-state index in [0.29, 0.717) is 25.7 Å². The van der Waals surface area contributed by atoms with E-state index in [1.807, 2.05) is 0 Å². The quantitative estimate of drug-likeness (QED) is 0.0535. The normalized spacial score (nSPS) is 52.5. The number of aliphatic hydroxyl groups is 17. The number of carbonyl (C=O) groups excluding carboxylic acids is 1. The predicted octanol–water partition coefficient (Wildman–Crippen LogP) is -7.89. The summed E-state index contributed by atoms with van der Waals surface area (Å²) in [7, 11) is 0. The van der Waals surface area contributed by atoms with E-state index in [4.69, 9.17) is 47.4 Å². The van der Waals surface area contributed by atoms with Crippen molar-refractivity contribution >= 4 is 5.97 Å². The number of fused-ring (bicyclic) bond motifs is 1. The lowest BCUT2D eigenvalue weighted by molar-refractivity contribution is -0.352. The highest BCUT2D eigenvalue weighted by atomic mass is 16.7. The Morgan fingerprint density at radius 2 is 1.03 bits per heavy atom. The van der Waals surface area contributed by atoms with Gasteiger partial charge < -0.3 is 134 Å². The summed E-state index contributed by atoms with van der Waals surface area (Å²) in [5.41, 5.74) is 0. The number of aliphatic hydroxyl groups excluding tert-OH is 17. The number of rotatable bonds is 15. The van der Waals surface area contributed by atoms with Gasteiger partial charge in [-0.1, -0.05) is 6.08 Å². The van der Waals surface area contributed by atoms with Crippen LogP contribution in [0.4, 0.5) is 0 Å². The van der Waals surface area contributed by atoms with Crippen LogP contribution in [0.25, 0.3) is 0 Å². The molecule has 0 aromatic rings. The van der Waals surface area contributed by atoms with Crippen LogP contribution in [0.3, 0.4) is 0 Å². The maximum Gasteiger partial charge on any atom is 0.330 e. The lowest BCUT2D eigenvalue weighted by Gasteiger charge is -2.53. The lowest BCUT2D eigenvalue weighted by Crippen LogP contribution is -2.64. The molecule has 8 unspecified atom stereocenters. The Bertz CT molecular complexity index is 1850. The standard InChI is InChI=1S/C48H78O28/c1-16-43(76-30(54)7-4-17-2-5-20(6-3-17)69-46-39(63)35(59)32(56)27(13-49)73-46)38(62)42(66)45(68-16)67-15-29-34(58)37(61)41(65)48(75-29)72-26-12-21-24(70-44(26)18-8-22(52)31(55)23(53)9-18)10-19(51)11-25(21)71-47-40(64)36(60)33(57)28(14-50)74-47/h4,7,16-29,31-53,55-66H,2-3,5-6,8-15H2,1H3/t16-,17?,18?,19?,20?,21?,22?,23?,24?,25?,26?,27+,28+,29+,31?,32+,33+,34+,35-,36-,37-,38-,39+,40+,41+,42+,43-,44?,45+,46+,47+,48+/m0/s1. The molecule has 5 saturated heterocycles. The molecule has 28 nitrogen and oxygen atoms in total. The van der Waals surface area contributed by atoms with E-state index in [1.165, 1.54) is 13.0 Å². The highest BCUT2D eigenvalue weighted by molar-refractivity contribution is 5.82. The maximum absolute atomic E-state index is 13.0. The van der Waals surface area contributed by atoms with Crippen LogP contribution >= 0.6 is 0 Å². The lowest BCUT2D eigenvalue weighted by atomic mass is 9.72. The highest BCUT2D eigenvalue weighted by Crippen LogP contribution is 2.45. The van der Waals surface area contributed by atoms with Crippen LogP contribution in [0.15, 0.2) is 12.2 Å². The molecular formula is C48H78O28. The summed E-state index contributed by atoms with van der Waals surface area (Å²) in [6.07, 6.45) is -36.6. The van der Waals surface area contributed by atoms with Gasteiger partial charge in [0.2, 0.25) is 0 Å². The molecule has 17 N–H and O–H groups in total. The number of hydrogen-bond donors (Lipinski definition) is 17. The first-order chi connectivity index (χ1) is 36.1. The Hall–Kier alpha value is -1.83. The maximum atomic E-state index is 13.0. The second-order valence-electron chi connectivity index (χ2n) is 21.7. The van der Waals surface area contributed by atoms with Crippen molar-refractivity contribution in [2.45, 2.75) is 242 Å². The van der Waals surface area contributed by atoms with Gasteiger partial charge in [-0.15, -0.1) is 0 Å². The van der Waals surface area contributed by atoms with E-state index in [1.54, 1.807) is 6.08 Å². The van der Waals surface area contributed by atoms with Gasteiger partial charge in [0.1, 0.15) is 91.6 Å². The second kappa shape index (κ2) is 26.0. The number of esters is 1. The van der Waals surface area contributed by atoms with Gasteiger partial charge in [0.15, 0.2) is 31.3 Å². The summed E-state index contributed by atoms with van der Waals surface area (Å²) in [6, 6.07) is 0. The fourth-order valence-electron chi connectivity index (χ4n) is 12.0. The van der Waals surface area contributed by atoms with Crippen molar-refractivity contribution in [3.63, 3.8) is 0 Å². The number of allylic oxidation sites excluding steroid dienone is 1. The Morgan fingerprint density at radius 3 is 1.59 bits per heavy atom. The molecule has 28 atom stereocenters. The first-order valence-electron chi connectivity index (χ1n) is 26.3. The van der Waals surface area contributed by atoms with Crippen molar-refractivity contribution < 1.29 is 139 Å². The molecule has 28 heteroatoms. The molecule has 438 valence electrons. The Morgan fingerprint density at radius 1 is 0.513 bits per heavy atom. The van der Waals surface area contributed by atoms with E-state index in [0.717, 1.165) is 0 Å². The van der Waals surface area contributed by atoms with Gasteiger partial charge in [-0.2, -0.15) is 0 Å². The summed E-state index contributed by atoms with van der Waals surface area (Å²) in [5, 5.41) is 180. The molecule has 0 bridgehead atoms. The summed E-state index contributed by atoms with van der Waals surface area (Å²) in [4.78, 5) is 13.0. The SMILES string of the molecule is C[C@@H]1O[C@@H](OC[C@H]2O[C@@H](OC3CC4C(CC(O)CC4O[C@@H]4O[C@H](CO)[C@@H](O)[C@H](O)[C@H]4O)OC3C3CC(O)C(O)C(O)C3)[C@H](O)[C@@H](O)[C@@H]2O)[C@H](O)[C@H](O)[C@H]1OC(=O)C=CC1CCC(O[C@@H]2O[C@H](CO)[C@@H](O)[C@H](O)[C@H]2O)CC1. The van der Waals surface area contributed by atoms with Gasteiger partial charge >= 0.3 is 5.97 Å². The molecule has 0 spiro atoms. The molecule has 5 aliphatic heterocycles. The Balaban J connectivity index is 0.867. The average molecular weight is 1100 g/mol. The van der Waals surface area contributed by atoms with Gasteiger partial charge in [-0.05, 0) is 70.1 Å². The van der Waals surface area contributed by atoms with Crippen molar-refractivity contribution in [1.29, 1.82) is 0 Å². The van der Waals surface area contributed by atoms with Crippen molar-refractivity contribution in [3.8, 4) is 0 Å². The number of hydrogen-bond acceptors (Lipinski definition) is 28. The van der Waals surface area contributed by atoms with Crippen molar-refractivity contribution in [3.05, 3.63) is 12.2 Å². The van der Waals surface area contributed by atoms with Crippen LogP contribution in [-0.4, -0.2) is 290 Å². The molecule has 8 fully saturated rings. The van der Waals surface area contributed by atoms with E-state index in [9.17, 15) is 91.6 Å². The fraction of sp³-hybridized carbons (Fsp3) is 0.938. The van der Waals surface area contributed by atoms with Crippen LogP contribution in [-0.2, 0) is 52.2 Å². The Kier molecular flexibility index (Phi) is 20.6. The molecule has 8 rings (SSSR count). The molecule has 8 aliphatic rings. The molecular weight excluding hydrogens is 1020 g/mol. The van der Waals surface area contributed by atoms with E-state index in [2.05, 4.69) is 0 Å². The van der Waals surface area contributed by atoms with E-state index >= 15 is 0 Å². The largest absolute Gasteiger partial charge is 0.454 e. The summed E-state index contributed by atoms with van der Waals surface area (Å²) < 4.78 is 59.1. The van der Waals surface area contributed by atoms with Crippen molar-refractivity contribution in [2.75, 3.05) is 19.8 Å². The number of carbonyl (C=O) groups is 1. The van der Waals surface area contributed by atoms with Crippen LogP contribution in [0.1, 0.15) is 64.7 Å². The molecule has 76 heavy (non-hydrogen) atoms. The zero-order valence-electron chi connectivity index (χ0n) is 41.7. The van der Waals surface area contributed by atoms with Gasteiger partial charge in [-0.25, -0.2) is 4.79 Å². The molecule has 0 amide bonds. The summed E-state index contributed by atoms with van der Waals surface area (Å²) in [5.74, 6) is -2.35. The minimum Gasteiger partial charge on any atom is -0.454 e. The smallest absolute Gasteiger partial charge is 0.330 e.